The van der Waals surface area contributed by atoms with Gasteiger partial charge in [-0.05, 0) is 31.4 Å². The number of hydrogen-bond acceptors (Lipinski definition) is 5. The number of piperidine rings is 1. The fourth-order valence-corrected chi connectivity index (χ4v) is 4.93. The van der Waals surface area contributed by atoms with Gasteiger partial charge < -0.3 is 14.8 Å². The van der Waals surface area contributed by atoms with Crippen molar-refractivity contribution in [2.75, 3.05) is 18.0 Å². The summed E-state index contributed by atoms with van der Waals surface area (Å²) in [5.74, 6) is 0.268. The number of nitrogens with zero attached hydrogens (tertiary/aromatic N) is 5. The van der Waals surface area contributed by atoms with E-state index in [-0.39, 0.29) is 23.1 Å². The minimum Gasteiger partial charge on any atom is -0.681 e. The van der Waals surface area contributed by atoms with Crippen molar-refractivity contribution in [2.45, 2.75) is 26.3 Å². The maximum atomic E-state index is 12.8. The van der Waals surface area contributed by atoms with E-state index in [9.17, 15) is 10.1 Å². The zero-order chi connectivity index (χ0) is 20.7. The molecule has 0 spiro atoms. The molecule has 1 aliphatic rings. The molecule has 0 amide bonds. The zero-order valence-electron chi connectivity index (χ0n) is 16.5. The van der Waals surface area contributed by atoms with Crippen LogP contribution in [0, 0.1) is 24.2 Å². The molecule has 0 radical (unpaired) electrons. The minimum absolute atomic E-state index is 0.172. The third-order valence-corrected chi connectivity index (χ3v) is 6.73. The molecular formula is C21H21ClN5OS-. The smallest absolute Gasteiger partial charge is 0.271 e. The number of aryl methyl sites for hydroxylation is 2. The van der Waals surface area contributed by atoms with Gasteiger partial charge in [0, 0.05) is 25.2 Å². The van der Waals surface area contributed by atoms with Crippen molar-refractivity contribution in [2.24, 2.45) is 13.0 Å². The molecule has 3 heterocycles. The Morgan fingerprint density at radius 3 is 2.72 bits per heavy atom. The SMILES string of the molecule is Cc1nc2c(N3CCC([N-]c4ccc(Cl)cc4)[C@H](C)C3)c(C#N)c(=O)n(C)c2s1. The largest absolute Gasteiger partial charge is 0.681 e. The van der Waals surface area contributed by atoms with Gasteiger partial charge in [0.05, 0.1) is 10.7 Å². The number of nitriles is 1. The molecule has 29 heavy (non-hydrogen) atoms. The summed E-state index contributed by atoms with van der Waals surface area (Å²) in [5.41, 5.74) is 2.24. The second-order valence-electron chi connectivity index (χ2n) is 7.47. The molecule has 0 saturated carbocycles. The summed E-state index contributed by atoms with van der Waals surface area (Å²) in [6.45, 7) is 5.52. The molecule has 150 valence electrons. The number of hydrogen-bond donors (Lipinski definition) is 0. The summed E-state index contributed by atoms with van der Waals surface area (Å²) in [7, 11) is 1.70. The molecule has 0 aliphatic carbocycles. The Morgan fingerprint density at radius 2 is 2.07 bits per heavy atom. The molecule has 2 atom stereocenters. The van der Waals surface area contributed by atoms with Crippen molar-refractivity contribution < 1.29 is 0 Å². The second-order valence-corrected chi connectivity index (χ2v) is 9.09. The molecule has 4 rings (SSSR count). The van der Waals surface area contributed by atoms with E-state index in [2.05, 4.69) is 22.9 Å². The van der Waals surface area contributed by atoms with Crippen molar-refractivity contribution in [3.05, 3.63) is 55.5 Å². The lowest BCUT2D eigenvalue weighted by molar-refractivity contribution is 0.417. The topological polar surface area (TPSA) is 76.0 Å². The van der Waals surface area contributed by atoms with Gasteiger partial charge in [-0.3, -0.25) is 4.79 Å². The van der Waals surface area contributed by atoms with Crippen LogP contribution < -0.4 is 10.5 Å². The summed E-state index contributed by atoms with van der Waals surface area (Å²) in [6.07, 6.45) is 0.842. The third kappa shape index (κ3) is 3.59. The summed E-state index contributed by atoms with van der Waals surface area (Å²) in [4.78, 5) is 20.4. The second kappa shape index (κ2) is 7.69. The van der Waals surface area contributed by atoms with Gasteiger partial charge in [0.2, 0.25) is 0 Å². The first-order valence-corrected chi connectivity index (χ1v) is 10.7. The highest BCUT2D eigenvalue weighted by Gasteiger charge is 2.28. The fourth-order valence-electron chi connectivity index (χ4n) is 3.93. The van der Waals surface area contributed by atoms with Crippen LogP contribution in [-0.4, -0.2) is 28.7 Å². The van der Waals surface area contributed by atoms with E-state index in [1.165, 1.54) is 15.9 Å². The number of aromatic nitrogens is 2. The molecule has 8 heteroatoms. The molecule has 3 aromatic rings. The van der Waals surface area contributed by atoms with Crippen molar-refractivity contribution in [3.8, 4) is 6.07 Å². The first kappa shape index (κ1) is 19.7. The molecule has 2 aromatic heterocycles. The fraction of sp³-hybridized carbons (Fsp3) is 0.381. The molecule has 0 N–H and O–H groups in total. The van der Waals surface area contributed by atoms with Crippen LogP contribution in [0.5, 0.6) is 0 Å². The predicted molar refractivity (Wildman–Crippen MR) is 119 cm³/mol. The van der Waals surface area contributed by atoms with E-state index in [0.717, 1.165) is 40.6 Å². The van der Waals surface area contributed by atoms with Gasteiger partial charge in [-0.2, -0.15) is 5.26 Å². The number of thiazole rings is 1. The van der Waals surface area contributed by atoms with Gasteiger partial charge in [-0.1, -0.05) is 30.7 Å². The Morgan fingerprint density at radius 1 is 1.34 bits per heavy atom. The summed E-state index contributed by atoms with van der Waals surface area (Å²) in [6, 6.07) is 9.86. The van der Waals surface area contributed by atoms with E-state index in [0.29, 0.717) is 10.7 Å². The van der Waals surface area contributed by atoms with Gasteiger partial charge >= 0.3 is 0 Å². The normalized spacial score (nSPS) is 19.3. The van der Waals surface area contributed by atoms with Gasteiger partial charge in [0.1, 0.15) is 22.0 Å². The maximum Gasteiger partial charge on any atom is 0.271 e. The van der Waals surface area contributed by atoms with Crippen molar-refractivity contribution in [1.82, 2.24) is 9.55 Å². The monoisotopic (exact) mass is 426 g/mol. The zero-order valence-corrected chi connectivity index (χ0v) is 18.1. The Labute approximate surface area is 178 Å². The molecular weight excluding hydrogens is 406 g/mol. The van der Waals surface area contributed by atoms with E-state index in [4.69, 9.17) is 16.9 Å². The van der Waals surface area contributed by atoms with Crippen LogP contribution in [0.15, 0.2) is 29.1 Å². The van der Waals surface area contributed by atoms with Gasteiger partial charge in [0.15, 0.2) is 0 Å². The van der Waals surface area contributed by atoms with Crippen LogP contribution in [0.2, 0.25) is 5.02 Å². The number of halogens is 1. The number of pyridine rings is 1. The lowest BCUT2D eigenvalue weighted by atomic mass is 9.92. The molecule has 1 aromatic carbocycles. The van der Waals surface area contributed by atoms with Crippen LogP contribution >= 0.6 is 22.9 Å². The number of fused-ring (bicyclic) bond motifs is 1. The standard InChI is InChI=1S/C21H21ClN5OS/c1-12-11-27(9-8-17(12)25-15-6-4-14(22)5-7-15)19-16(10-23)20(28)26(3)21-18(19)24-13(2)29-21/h4-7,12,17H,8-9,11H2,1-3H3/q-1/t12-,17?/m1/s1. The Kier molecular flexibility index (Phi) is 5.24. The molecule has 1 saturated heterocycles. The quantitative estimate of drug-likeness (QED) is 0.605. The van der Waals surface area contributed by atoms with Gasteiger partial charge in [0.25, 0.3) is 5.56 Å². The Bertz CT molecular complexity index is 1160. The lowest BCUT2D eigenvalue weighted by Gasteiger charge is -2.46. The summed E-state index contributed by atoms with van der Waals surface area (Å²) >= 11 is 7.45. The van der Waals surface area contributed by atoms with Crippen molar-refractivity contribution >= 4 is 44.7 Å². The first-order valence-electron chi connectivity index (χ1n) is 9.50. The highest BCUT2D eigenvalue weighted by molar-refractivity contribution is 7.18. The maximum absolute atomic E-state index is 12.8. The Hall–Kier alpha value is -2.56. The van der Waals surface area contributed by atoms with Crippen LogP contribution in [-0.2, 0) is 7.05 Å². The third-order valence-electron chi connectivity index (χ3n) is 5.43. The van der Waals surface area contributed by atoms with Crippen LogP contribution in [0.3, 0.4) is 0 Å². The first-order chi connectivity index (χ1) is 13.9. The average molecular weight is 427 g/mol. The average Bonchev–Trinajstić information content (AvgIpc) is 3.09. The van der Waals surface area contributed by atoms with E-state index in [1.807, 2.05) is 31.2 Å². The molecule has 0 bridgehead atoms. The van der Waals surface area contributed by atoms with E-state index >= 15 is 0 Å². The highest BCUT2D eigenvalue weighted by Crippen LogP contribution is 2.37. The summed E-state index contributed by atoms with van der Waals surface area (Å²) in [5, 5.41) is 16.2. The molecule has 6 nitrogen and oxygen atoms in total. The van der Waals surface area contributed by atoms with Crippen molar-refractivity contribution in [1.29, 1.82) is 5.26 Å². The van der Waals surface area contributed by atoms with E-state index in [1.54, 1.807) is 7.05 Å². The van der Waals surface area contributed by atoms with Gasteiger partial charge in [-0.25, -0.2) is 4.98 Å². The molecule has 1 fully saturated rings. The Balaban J connectivity index is 1.65. The van der Waals surface area contributed by atoms with Crippen LogP contribution in [0.25, 0.3) is 15.7 Å². The van der Waals surface area contributed by atoms with Crippen LogP contribution in [0.1, 0.15) is 23.9 Å². The van der Waals surface area contributed by atoms with E-state index < -0.39 is 0 Å². The summed E-state index contributed by atoms with van der Waals surface area (Å²) < 4.78 is 1.54. The number of anilines is 1. The number of benzene rings is 1. The van der Waals surface area contributed by atoms with Gasteiger partial charge in [-0.15, -0.1) is 23.1 Å². The van der Waals surface area contributed by atoms with Crippen molar-refractivity contribution in [3.63, 3.8) is 0 Å². The molecule has 1 unspecified atom stereocenters. The predicted octanol–water partition coefficient (Wildman–Crippen LogP) is 4.75. The van der Waals surface area contributed by atoms with Crippen LogP contribution in [0.4, 0.5) is 11.4 Å². The highest BCUT2D eigenvalue weighted by atomic mass is 35.5. The minimum atomic E-state index is -0.265. The lowest BCUT2D eigenvalue weighted by Crippen LogP contribution is -2.42. The molecule has 1 aliphatic heterocycles. The number of rotatable bonds is 3.